The number of aliphatic hydroxyl groups is 1. The summed E-state index contributed by atoms with van der Waals surface area (Å²) in [6.07, 6.45) is 1.69. The van der Waals surface area contributed by atoms with Gasteiger partial charge in [0, 0.05) is 4.75 Å². The average Bonchev–Trinajstić information content (AvgIpc) is 1.86. The quantitative estimate of drug-likeness (QED) is 0.527. The van der Waals surface area contributed by atoms with E-state index in [4.69, 9.17) is 9.66 Å². The standard InChI is InChI=1S/C5H14O3S2/c1-5(2,4-6)9(3)10(7)8/h6,10H,4H2,1-3H3,(H,7,8). The third kappa shape index (κ3) is 2.57. The van der Waals surface area contributed by atoms with Crippen LogP contribution >= 0.6 is 0 Å². The highest BCUT2D eigenvalue weighted by molar-refractivity contribution is 8.36. The second-order valence-corrected chi connectivity index (χ2v) is 7.75. The summed E-state index contributed by atoms with van der Waals surface area (Å²) < 4.78 is 18.8. The van der Waals surface area contributed by atoms with Gasteiger partial charge < -0.3 is 9.66 Å². The zero-order chi connectivity index (χ0) is 8.36. The number of hydrogen-bond acceptors (Lipinski definition) is 2. The topological polar surface area (TPSA) is 57.5 Å². The Morgan fingerprint density at radius 1 is 1.60 bits per heavy atom. The van der Waals surface area contributed by atoms with Gasteiger partial charge in [-0.3, -0.25) is 0 Å². The molecule has 0 rings (SSSR count). The number of thiol groups is 1. The van der Waals surface area contributed by atoms with Crippen molar-refractivity contribution in [1.29, 1.82) is 0 Å². The molecule has 0 bridgehead atoms. The van der Waals surface area contributed by atoms with Gasteiger partial charge in [0.2, 0.25) is 0 Å². The fraction of sp³-hybridized carbons (Fsp3) is 1.00. The van der Waals surface area contributed by atoms with Gasteiger partial charge in [-0.15, -0.1) is 9.45 Å². The summed E-state index contributed by atoms with van der Waals surface area (Å²) in [5, 5.41) is 8.78. The van der Waals surface area contributed by atoms with Crippen LogP contribution in [0.2, 0.25) is 0 Å². The van der Waals surface area contributed by atoms with Crippen LogP contribution in [-0.2, 0) is 19.1 Å². The summed E-state index contributed by atoms with van der Waals surface area (Å²) in [5.41, 5.74) is 0. The summed E-state index contributed by atoms with van der Waals surface area (Å²) in [5.74, 6) is 0. The van der Waals surface area contributed by atoms with Crippen LogP contribution in [0.5, 0.6) is 0 Å². The molecule has 2 unspecified atom stereocenters. The third-order valence-electron chi connectivity index (χ3n) is 1.41. The van der Waals surface area contributed by atoms with Crippen LogP contribution in [0, 0.1) is 0 Å². The van der Waals surface area contributed by atoms with Gasteiger partial charge in [-0.2, -0.15) is 0 Å². The Morgan fingerprint density at radius 3 is 2.10 bits per heavy atom. The fourth-order valence-electron chi connectivity index (χ4n) is 0.305. The van der Waals surface area contributed by atoms with Crippen molar-refractivity contribution in [3.8, 4) is 0 Å². The van der Waals surface area contributed by atoms with Gasteiger partial charge in [-0.05, 0) is 20.1 Å². The minimum absolute atomic E-state index is 0.0474. The molecule has 2 atom stereocenters. The van der Waals surface area contributed by atoms with E-state index in [2.05, 4.69) is 0 Å². The summed E-state index contributed by atoms with van der Waals surface area (Å²) in [7, 11) is -2.76. The molecule has 0 amide bonds. The highest BCUT2D eigenvalue weighted by atomic mass is 32.9. The van der Waals surface area contributed by atoms with E-state index in [9.17, 15) is 4.21 Å². The van der Waals surface area contributed by atoms with Crippen molar-refractivity contribution in [2.75, 3.05) is 12.9 Å². The highest BCUT2D eigenvalue weighted by Gasteiger charge is 2.18. The number of rotatable bonds is 2. The maximum atomic E-state index is 10.6. The molecule has 0 radical (unpaired) electrons. The first-order valence-electron chi connectivity index (χ1n) is 2.85. The van der Waals surface area contributed by atoms with Crippen molar-refractivity contribution in [3.05, 3.63) is 0 Å². The molecular weight excluding hydrogens is 172 g/mol. The molecule has 0 fully saturated rings. The zero-order valence-corrected chi connectivity index (χ0v) is 8.08. The molecule has 64 valence electrons. The lowest BCUT2D eigenvalue weighted by Gasteiger charge is -2.22. The molecule has 0 aliphatic carbocycles. The van der Waals surface area contributed by atoms with Crippen molar-refractivity contribution < 1.29 is 13.9 Å². The van der Waals surface area contributed by atoms with Gasteiger partial charge in [-0.1, -0.05) is 0 Å². The second kappa shape index (κ2) is 3.71. The second-order valence-electron chi connectivity index (χ2n) is 2.63. The molecule has 0 saturated carbocycles. The molecular formula is C5H14O3S2. The van der Waals surface area contributed by atoms with Crippen LogP contribution < -0.4 is 0 Å². The zero-order valence-electron chi connectivity index (χ0n) is 6.37. The molecule has 2 N–H and O–H groups in total. The highest BCUT2D eigenvalue weighted by Crippen LogP contribution is 2.10. The molecule has 0 aliphatic rings. The summed E-state index contributed by atoms with van der Waals surface area (Å²) in [4.78, 5) is 0. The van der Waals surface area contributed by atoms with E-state index in [1.165, 1.54) is 0 Å². The minimum Gasteiger partial charge on any atom is -0.395 e. The first-order valence-corrected chi connectivity index (χ1v) is 6.30. The molecule has 0 heterocycles. The van der Waals surface area contributed by atoms with Crippen LogP contribution in [0.15, 0.2) is 0 Å². The van der Waals surface area contributed by atoms with Gasteiger partial charge in [0.15, 0.2) is 0 Å². The summed E-state index contributed by atoms with van der Waals surface area (Å²) in [6, 6.07) is 0. The van der Waals surface area contributed by atoms with Crippen molar-refractivity contribution in [2.45, 2.75) is 18.6 Å². The van der Waals surface area contributed by atoms with Gasteiger partial charge >= 0.3 is 0 Å². The van der Waals surface area contributed by atoms with E-state index in [1.54, 1.807) is 20.1 Å². The number of hydrogen-bond donors (Lipinski definition) is 3. The number of aliphatic hydroxyl groups excluding tert-OH is 1. The Labute approximate surface area is 64.9 Å². The maximum absolute atomic E-state index is 10.6. The predicted molar refractivity (Wildman–Crippen MR) is 46.6 cm³/mol. The van der Waals surface area contributed by atoms with Gasteiger partial charge in [0.05, 0.1) is 16.2 Å². The van der Waals surface area contributed by atoms with Crippen molar-refractivity contribution in [3.63, 3.8) is 0 Å². The lowest BCUT2D eigenvalue weighted by molar-refractivity contribution is 0.264. The van der Waals surface area contributed by atoms with E-state index >= 15 is 0 Å². The molecule has 0 aromatic heterocycles. The maximum Gasteiger partial charge on any atom is 0.0923 e. The van der Waals surface area contributed by atoms with Crippen molar-refractivity contribution >= 4 is 19.1 Å². The molecule has 0 saturated heterocycles. The third-order valence-corrected chi connectivity index (χ3v) is 6.50. The van der Waals surface area contributed by atoms with Crippen molar-refractivity contribution in [1.82, 2.24) is 0 Å². The largest absolute Gasteiger partial charge is 0.395 e. The van der Waals surface area contributed by atoms with Gasteiger partial charge in [0.25, 0.3) is 0 Å². The van der Waals surface area contributed by atoms with Crippen LogP contribution in [0.1, 0.15) is 13.8 Å². The lowest BCUT2D eigenvalue weighted by Crippen LogP contribution is -2.31. The minimum atomic E-state index is -2.14. The molecule has 0 aliphatic heterocycles. The SMILES string of the molecule is C/S(=[SH](=O)\O)C(C)(C)CO. The Morgan fingerprint density at radius 2 is 2.00 bits per heavy atom. The lowest BCUT2D eigenvalue weighted by atomic mass is 10.2. The molecule has 0 aromatic carbocycles. The van der Waals surface area contributed by atoms with E-state index in [1.807, 2.05) is 0 Å². The van der Waals surface area contributed by atoms with Crippen LogP contribution in [0.3, 0.4) is 0 Å². The molecule has 3 nitrogen and oxygen atoms in total. The monoisotopic (exact) mass is 186 g/mol. The van der Waals surface area contributed by atoms with Crippen LogP contribution in [0.25, 0.3) is 0 Å². The fourth-order valence-corrected chi connectivity index (χ4v) is 2.36. The van der Waals surface area contributed by atoms with Crippen molar-refractivity contribution in [2.24, 2.45) is 0 Å². The first kappa shape index (κ1) is 10.4. The molecule has 0 aromatic rings. The van der Waals surface area contributed by atoms with Crippen LogP contribution in [0.4, 0.5) is 0 Å². The summed E-state index contributed by atoms with van der Waals surface area (Å²) >= 11 is 0. The van der Waals surface area contributed by atoms with E-state index < -0.39 is 23.8 Å². The normalized spacial score (nSPS) is 18.5. The Kier molecular flexibility index (Phi) is 3.86. The Bertz CT molecular complexity index is 191. The smallest absolute Gasteiger partial charge is 0.0923 e. The van der Waals surface area contributed by atoms with E-state index in [0.717, 1.165) is 0 Å². The average molecular weight is 186 g/mol. The summed E-state index contributed by atoms with van der Waals surface area (Å²) in [6.45, 7) is 3.51. The molecule has 10 heavy (non-hydrogen) atoms. The van der Waals surface area contributed by atoms with Gasteiger partial charge in [-0.25, -0.2) is 4.21 Å². The first-order chi connectivity index (χ1) is 4.41. The Hall–Kier alpha value is 0.420. The Balaban J connectivity index is 4.66. The van der Waals surface area contributed by atoms with E-state index in [0.29, 0.717) is 0 Å². The van der Waals surface area contributed by atoms with E-state index in [-0.39, 0.29) is 6.61 Å². The predicted octanol–water partition coefficient (Wildman–Crippen LogP) is -0.126. The molecule has 5 heteroatoms. The molecule has 0 spiro atoms. The van der Waals surface area contributed by atoms with Crippen LogP contribution in [-0.4, -0.2) is 31.5 Å². The van der Waals surface area contributed by atoms with Gasteiger partial charge in [0.1, 0.15) is 0 Å².